The monoisotopic (exact) mass is 145 g/mol. The summed E-state index contributed by atoms with van der Waals surface area (Å²) in [6.07, 6.45) is 2.99. The van der Waals surface area contributed by atoms with Gasteiger partial charge >= 0.3 is 0 Å². The largest absolute Gasteiger partial charge is 0.343 e. The molecule has 1 saturated heterocycles. The van der Waals surface area contributed by atoms with Crippen LogP contribution < -0.4 is 5.32 Å². The van der Waals surface area contributed by atoms with Crippen LogP contribution in [0.25, 0.3) is 0 Å². The first-order valence-electron chi connectivity index (χ1n) is 3.12. The molecular weight excluding hydrogens is 134 g/mol. The summed E-state index contributed by atoms with van der Waals surface area (Å²) in [6, 6.07) is 0. The molecule has 2 atom stereocenters. The number of carbonyl (C=O) groups is 1. The van der Waals surface area contributed by atoms with Crippen LogP contribution in [0.2, 0.25) is 0 Å². The number of hydrogen-bond donors (Lipinski definition) is 1. The summed E-state index contributed by atoms with van der Waals surface area (Å²) >= 11 is 1.72. The molecule has 0 saturated carbocycles. The summed E-state index contributed by atoms with van der Waals surface area (Å²) in [6.45, 7) is 2.05. The van der Waals surface area contributed by atoms with Crippen LogP contribution in [0.5, 0.6) is 0 Å². The van der Waals surface area contributed by atoms with E-state index in [1.807, 2.05) is 13.2 Å². The first kappa shape index (κ1) is 6.93. The molecule has 1 N–H and O–H groups in total. The number of hydrogen-bond acceptors (Lipinski definition) is 2. The molecule has 3 heteroatoms. The van der Waals surface area contributed by atoms with Crippen molar-refractivity contribution in [3.63, 3.8) is 0 Å². The van der Waals surface area contributed by atoms with Gasteiger partial charge in [0.2, 0.25) is 5.91 Å². The van der Waals surface area contributed by atoms with Crippen LogP contribution in [0.4, 0.5) is 0 Å². The molecule has 0 aliphatic carbocycles. The molecule has 1 rings (SSSR count). The normalized spacial score (nSPS) is 33.3. The van der Waals surface area contributed by atoms with Crippen LogP contribution in [0.3, 0.4) is 0 Å². The highest BCUT2D eigenvalue weighted by atomic mass is 32.2. The molecule has 0 unspecified atom stereocenters. The fourth-order valence-electron chi connectivity index (χ4n) is 1.01. The quantitative estimate of drug-likeness (QED) is 0.583. The molecule has 1 amide bonds. The van der Waals surface area contributed by atoms with E-state index in [9.17, 15) is 4.79 Å². The topological polar surface area (TPSA) is 29.1 Å². The van der Waals surface area contributed by atoms with Crippen molar-refractivity contribution in [2.24, 2.45) is 5.92 Å². The molecule has 0 bridgehead atoms. The van der Waals surface area contributed by atoms with E-state index in [-0.39, 0.29) is 11.8 Å². The van der Waals surface area contributed by atoms with E-state index >= 15 is 0 Å². The number of carbonyl (C=O) groups excluding carboxylic acids is 1. The number of nitrogens with one attached hydrogen (secondary N) is 1. The molecular formula is C6H11NOS. The molecule has 0 spiro atoms. The van der Waals surface area contributed by atoms with Gasteiger partial charge in [-0.15, -0.1) is 11.8 Å². The Morgan fingerprint density at radius 2 is 2.44 bits per heavy atom. The molecule has 52 valence electrons. The van der Waals surface area contributed by atoms with Gasteiger partial charge in [-0.1, -0.05) is 6.92 Å². The smallest absolute Gasteiger partial charge is 0.226 e. The van der Waals surface area contributed by atoms with E-state index in [4.69, 9.17) is 0 Å². The lowest BCUT2D eigenvalue weighted by Gasteiger charge is -2.34. The summed E-state index contributed by atoms with van der Waals surface area (Å²) in [5, 5.41) is 3.21. The minimum Gasteiger partial charge on any atom is -0.343 e. The Hall–Kier alpha value is -0.180. The molecule has 0 aromatic heterocycles. The maximum atomic E-state index is 10.7. The third-order valence-corrected chi connectivity index (χ3v) is 2.63. The predicted molar refractivity (Wildman–Crippen MR) is 39.2 cm³/mol. The van der Waals surface area contributed by atoms with Gasteiger partial charge in [0.1, 0.15) is 0 Å². The van der Waals surface area contributed by atoms with Crippen molar-refractivity contribution in [3.8, 4) is 0 Å². The van der Waals surface area contributed by atoms with Crippen LogP contribution >= 0.6 is 11.8 Å². The van der Waals surface area contributed by atoms with Crippen molar-refractivity contribution in [1.82, 2.24) is 5.32 Å². The van der Waals surface area contributed by atoms with E-state index in [2.05, 4.69) is 5.32 Å². The Balaban J connectivity index is 2.38. The molecule has 1 heterocycles. The van der Waals surface area contributed by atoms with Gasteiger partial charge in [-0.05, 0) is 12.7 Å². The van der Waals surface area contributed by atoms with E-state index < -0.39 is 0 Å². The summed E-state index contributed by atoms with van der Waals surface area (Å²) in [5.41, 5.74) is 0. The van der Waals surface area contributed by atoms with Crippen molar-refractivity contribution >= 4 is 17.7 Å². The number of amides is 1. The summed E-state index contributed by atoms with van der Waals surface area (Å²) in [7, 11) is 0. The average molecular weight is 145 g/mol. The molecule has 0 aromatic rings. The molecule has 0 aromatic carbocycles. The maximum Gasteiger partial charge on any atom is 0.226 e. The Morgan fingerprint density at radius 1 is 1.78 bits per heavy atom. The van der Waals surface area contributed by atoms with Gasteiger partial charge < -0.3 is 5.32 Å². The minimum absolute atomic E-state index is 0.219. The molecule has 0 radical (unpaired) electrons. The molecule has 1 fully saturated rings. The standard InChI is InChI=1S/C6H11NOS/c1-3-4-5(8)7-6(4)9-2/h4,6H,3H2,1-2H3,(H,7,8)/t4-,6+/m1/s1. The maximum absolute atomic E-state index is 10.7. The van der Waals surface area contributed by atoms with Crippen LogP contribution in [0, 0.1) is 5.92 Å². The van der Waals surface area contributed by atoms with Gasteiger partial charge in [-0.2, -0.15) is 0 Å². The van der Waals surface area contributed by atoms with Crippen LogP contribution in [-0.4, -0.2) is 17.5 Å². The zero-order chi connectivity index (χ0) is 6.85. The average Bonchev–Trinajstić information content (AvgIpc) is 1.83. The van der Waals surface area contributed by atoms with Crippen molar-refractivity contribution in [1.29, 1.82) is 0 Å². The molecule has 1 aliphatic rings. The molecule has 2 nitrogen and oxygen atoms in total. The third kappa shape index (κ3) is 1.06. The van der Waals surface area contributed by atoms with Crippen molar-refractivity contribution in [2.75, 3.05) is 6.26 Å². The summed E-state index contributed by atoms with van der Waals surface area (Å²) in [5.74, 6) is 0.497. The zero-order valence-electron chi connectivity index (χ0n) is 5.68. The number of β-lactam (4-membered cyclic amide) rings is 1. The minimum atomic E-state index is 0.219. The first-order valence-corrected chi connectivity index (χ1v) is 4.41. The van der Waals surface area contributed by atoms with Crippen LogP contribution in [0.15, 0.2) is 0 Å². The highest BCUT2D eigenvalue weighted by molar-refractivity contribution is 7.99. The fraction of sp³-hybridized carbons (Fsp3) is 0.833. The number of thioether (sulfide) groups is 1. The second-order valence-electron chi connectivity index (χ2n) is 2.18. The van der Waals surface area contributed by atoms with E-state index in [0.29, 0.717) is 5.37 Å². The second-order valence-corrected chi connectivity index (χ2v) is 3.16. The van der Waals surface area contributed by atoms with E-state index in [1.54, 1.807) is 11.8 Å². The van der Waals surface area contributed by atoms with Crippen LogP contribution in [-0.2, 0) is 4.79 Å². The Labute approximate surface area is 59.4 Å². The van der Waals surface area contributed by atoms with E-state index in [0.717, 1.165) is 6.42 Å². The lowest BCUT2D eigenvalue weighted by atomic mass is 9.99. The third-order valence-electron chi connectivity index (χ3n) is 1.68. The Morgan fingerprint density at radius 3 is 2.67 bits per heavy atom. The SMILES string of the molecule is CC[C@@H]1C(=O)N[C@H]1SC. The molecule has 1 aliphatic heterocycles. The Kier molecular flexibility index (Phi) is 2.01. The molecule has 9 heavy (non-hydrogen) atoms. The first-order chi connectivity index (χ1) is 4.29. The lowest BCUT2D eigenvalue weighted by Crippen LogP contribution is -2.55. The van der Waals surface area contributed by atoms with Crippen LogP contribution in [0.1, 0.15) is 13.3 Å². The highest BCUT2D eigenvalue weighted by Crippen LogP contribution is 2.25. The second kappa shape index (κ2) is 2.60. The van der Waals surface area contributed by atoms with Gasteiger partial charge in [0.05, 0.1) is 11.3 Å². The lowest BCUT2D eigenvalue weighted by molar-refractivity contribution is -0.132. The van der Waals surface area contributed by atoms with Gasteiger partial charge in [0.25, 0.3) is 0 Å². The van der Waals surface area contributed by atoms with Crippen molar-refractivity contribution < 1.29 is 4.79 Å². The van der Waals surface area contributed by atoms with Gasteiger partial charge in [0, 0.05) is 0 Å². The zero-order valence-corrected chi connectivity index (χ0v) is 6.49. The number of rotatable bonds is 2. The van der Waals surface area contributed by atoms with Gasteiger partial charge in [-0.25, -0.2) is 0 Å². The Bertz CT molecular complexity index is 126. The van der Waals surface area contributed by atoms with E-state index in [1.165, 1.54) is 0 Å². The van der Waals surface area contributed by atoms with Crippen molar-refractivity contribution in [3.05, 3.63) is 0 Å². The van der Waals surface area contributed by atoms with Crippen molar-refractivity contribution in [2.45, 2.75) is 18.7 Å². The summed E-state index contributed by atoms with van der Waals surface area (Å²) in [4.78, 5) is 10.7. The van der Waals surface area contributed by atoms with Gasteiger partial charge in [0.15, 0.2) is 0 Å². The predicted octanol–water partition coefficient (Wildman–Crippen LogP) is 0.831. The highest BCUT2D eigenvalue weighted by Gasteiger charge is 2.36. The summed E-state index contributed by atoms with van der Waals surface area (Å²) < 4.78 is 0. The van der Waals surface area contributed by atoms with Gasteiger partial charge in [-0.3, -0.25) is 4.79 Å². The fourth-order valence-corrected chi connectivity index (χ4v) is 1.89.